The van der Waals surface area contributed by atoms with E-state index in [0.29, 0.717) is 12.1 Å². The van der Waals surface area contributed by atoms with Crippen molar-refractivity contribution in [3.8, 4) is 0 Å². The van der Waals surface area contributed by atoms with Crippen molar-refractivity contribution in [2.75, 3.05) is 13.2 Å². The molecule has 2 aromatic carbocycles. The number of carbonyl (C=O) groups excluding carboxylic acids is 3. The Morgan fingerprint density at radius 2 is 1.69 bits per heavy atom. The van der Waals surface area contributed by atoms with Crippen molar-refractivity contribution in [2.45, 2.75) is 58.2 Å². The van der Waals surface area contributed by atoms with Crippen LogP contribution in [0.25, 0.3) is 0 Å². The minimum Gasteiger partial charge on any atom is -0.395 e. The number of hydrogen-bond donors (Lipinski definition) is 3. The molecule has 0 radical (unpaired) electrons. The lowest BCUT2D eigenvalue weighted by Gasteiger charge is -2.43. The number of piperazine rings is 1. The van der Waals surface area contributed by atoms with Gasteiger partial charge in [0.1, 0.15) is 12.1 Å². The lowest BCUT2D eigenvalue weighted by atomic mass is 9.86. The van der Waals surface area contributed by atoms with Crippen molar-refractivity contribution in [2.24, 2.45) is 11.8 Å². The first-order chi connectivity index (χ1) is 17.0. The summed E-state index contributed by atoms with van der Waals surface area (Å²) >= 11 is 0. The highest BCUT2D eigenvalue weighted by Gasteiger charge is 2.46. The second kappa shape index (κ2) is 11.0. The topological polar surface area (TPSA) is 98.7 Å². The number of fused-ring (bicyclic) bond motifs is 1. The fourth-order valence-electron chi connectivity index (χ4n) is 5.52. The average molecular weight is 478 g/mol. The Bertz CT molecular complexity index is 1040. The highest BCUT2D eigenvalue weighted by atomic mass is 16.3. The summed E-state index contributed by atoms with van der Waals surface area (Å²) in [6.45, 7) is 4.52. The number of aliphatic hydroxyl groups excluding tert-OH is 1. The molecule has 2 atom stereocenters. The molecule has 1 saturated heterocycles. The van der Waals surface area contributed by atoms with Crippen LogP contribution in [0.4, 0.5) is 0 Å². The highest BCUT2D eigenvalue weighted by molar-refractivity contribution is 5.97. The summed E-state index contributed by atoms with van der Waals surface area (Å²) in [6.07, 6.45) is 3.19. The van der Waals surface area contributed by atoms with Crippen molar-refractivity contribution < 1.29 is 19.5 Å². The molecule has 2 aliphatic rings. The minimum absolute atomic E-state index is 0.0240. The van der Waals surface area contributed by atoms with Crippen LogP contribution in [0.1, 0.15) is 53.7 Å². The van der Waals surface area contributed by atoms with E-state index in [1.54, 1.807) is 17.0 Å². The Balaban J connectivity index is 1.56. The van der Waals surface area contributed by atoms with Crippen LogP contribution >= 0.6 is 0 Å². The average Bonchev–Trinajstić information content (AvgIpc) is 3.31. The van der Waals surface area contributed by atoms with Crippen molar-refractivity contribution in [3.05, 3.63) is 70.8 Å². The van der Waals surface area contributed by atoms with Gasteiger partial charge in [0.05, 0.1) is 6.61 Å². The van der Waals surface area contributed by atoms with E-state index in [1.807, 2.05) is 24.3 Å². The number of nitrogens with one attached hydrogen (secondary N) is 2. The summed E-state index contributed by atoms with van der Waals surface area (Å²) < 4.78 is 0. The summed E-state index contributed by atoms with van der Waals surface area (Å²) in [4.78, 5) is 41.2. The van der Waals surface area contributed by atoms with Gasteiger partial charge in [-0.25, -0.2) is 0 Å². The van der Waals surface area contributed by atoms with Crippen molar-refractivity contribution in [1.82, 2.24) is 15.5 Å². The maximum atomic E-state index is 13.9. The molecule has 0 saturated carbocycles. The molecule has 0 unspecified atom stereocenters. The molecule has 1 aliphatic carbocycles. The molecule has 1 fully saturated rings. The van der Waals surface area contributed by atoms with Gasteiger partial charge in [-0.15, -0.1) is 0 Å². The fraction of sp³-hybridized carbons (Fsp3) is 0.464. The molecule has 0 aromatic heterocycles. The summed E-state index contributed by atoms with van der Waals surface area (Å²) in [7, 11) is 0. The van der Waals surface area contributed by atoms with Crippen LogP contribution in [-0.2, 0) is 29.0 Å². The molecule has 35 heavy (non-hydrogen) atoms. The van der Waals surface area contributed by atoms with Crippen LogP contribution in [-0.4, -0.2) is 53.0 Å². The second-order valence-corrected chi connectivity index (χ2v) is 9.59. The predicted molar refractivity (Wildman–Crippen MR) is 134 cm³/mol. The zero-order valence-electron chi connectivity index (χ0n) is 20.5. The smallest absolute Gasteiger partial charge is 0.251 e. The van der Waals surface area contributed by atoms with E-state index in [2.05, 4.69) is 36.6 Å². The molecule has 4 rings (SSSR count). The molecule has 2 aromatic rings. The van der Waals surface area contributed by atoms with Crippen molar-refractivity contribution in [1.29, 1.82) is 0 Å². The zero-order chi connectivity index (χ0) is 24.9. The van der Waals surface area contributed by atoms with Crippen LogP contribution in [0.3, 0.4) is 0 Å². The quantitative estimate of drug-likeness (QED) is 0.517. The van der Waals surface area contributed by atoms with Gasteiger partial charge in [0.15, 0.2) is 0 Å². The van der Waals surface area contributed by atoms with E-state index in [4.69, 9.17) is 5.11 Å². The third kappa shape index (κ3) is 5.25. The monoisotopic (exact) mass is 477 g/mol. The predicted octanol–water partition coefficient (Wildman–Crippen LogP) is 2.46. The van der Waals surface area contributed by atoms with Crippen LogP contribution in [0, 0.1) is 11.8 Å². The van der Waals surface area contributed by atoms with E-state index in [0.717, 1.165) is 31.2 Å². The molecule has 0 bridgehead atoms. The SMILES string of the molecule is CCC(CC)[C@@H]1C(=O)N[C@H](C2Cc3ccccc3C2)C(=O)N1Cc1ccc(C(=O)NCCO)cc1. The highest BCUT2D eigenvalue weighted by Crippen LogP contribution is 2.33. The summed E-state index contributed by atoms with van der Waals surface area (Å²) in [6, 6.07) is 14.3. The molecule has 3 N–H and O–H groups in total. The zero-order valence-corrected chi connectivity index (χ0v) is 20.5. The molecule has 186 valence electrons. The third-order valence-electron chi connectivity index (χ3n) is 7.47. The lowest BCUT2D eigenvalue weighted by Crippen LogP contribution is -2.66. The van der Waals surface area contributed by atoms with Gasteiger partial charge in [0.25, 0.3) is 5.91 Å². The van der Waals surface area contributed by atoms with Gasteiger partial charge < -0.3 is 20.6 Å². The number of benzene rings is 2. The number of amides is 3. The Morgan fingerprint density at radius 3 is 2.26 bits per heavy atom. The fourth-order valence-corrected chi connectivity index (χ4v) is 5.52. The normalized spacial score (nSPS) is 20.2. The minimum atomic E-state index is -0.538. The van der Waals surface area contributed by atoms with Crippen LogP contribution in [0.2, 0.25) is 0 Å². The standard InChI is InChI=1S/C28H35N3O4/c1-3-19(4-2)25-27(34)30-24(23-15-21-7-5-6-8-22(21)16-23)28(35)31(25)17-18-9-11-20(12-10-18)26(33)29-13-14-32/h5-12,19,23-25,32H,3-4,13-17H2,1-2H3,(H,29,33)(H,30,34)/t24-,25-/m1/s1. The number of rotatable bonds is 9. The van der Waals surface area contributed by atoms with Gasteiger partial charge in [0.2, 0.25) is 11.8 Å². The first kappa shape index (κ1) is 24.9. The van der Waals surface area contributed by atoms with Gasteiger partial charge >= 0.3 is 0 Å². The summed E-state index contributed by atoms with van der Waals surface area (Å²) in [5.74, 6) is -0.228. The second-order valence-electron chi connectivity index (χ2n) is 9.59. The van der Waals surface area contributed by atoms with Crippen LogP contribution in [0.5, 0.6) is 0 Å². The number of aliphatic hydroxyl groups is 1. The van der Waals surface area contributed by atoms with Crippen LogP contribution in [0.15, 0.2) is 48.5 Å². The Labute approximate surface area is 206 Å². The Hall–Kier alpha value is -3.19. The molecule has 1 heterocycles. The number of nitrogens with zero attached hydrogens (tertiary/aromatic N) is 1. The van der Waals surface area contributed by atoms with Crippen molar-refractivity contribution >= 4 is 17.7 Å². The van der Waals surface area contributed by atoms with E-state index in [1.165, 1.54) is 11.1 Å². The first-order valence-electron chi connectivity index (χ1n) is 12.6. The molecular formula is C28H35N3O4. The van der Waals surface area contributed by atoms with E-state index in [-0.39, 0.29) is 42.7 Å². The molecule has 7 heteroatoms. The maximum Gasteiger partial charge on any atom is 0.251 e. The van der Waals surface area contributed by atoms with E-state index < -0.39 is 12.1 Å². The number of carbonyl (C=O) groups is 3. The van der Waals surface area contributed by atoms with Gasteiger partial charge in [-0.05, 0) is 53.5 Å². The summed E-state index contributed by atoms with van der Waals surface area (Å²) in [5.41, 5.74) is 3.87. The third-order valence-corrected chi connectivity index (χ3v) is 7.47. The van der Waals surface area contributed by atoms with Gasteiger partial charge in [-0.1, -0.05) is 63.1 Å². The molecular weight excluding hydrogens is 442 g/mol. The molecule has 1 aliphatic heterocycles. The Kier molecular flexibility index (Phi) is 7.86. The largest absolute Gasteiger partial charge is 0.395 e. The van der Waals surface area contributed by atoms with Crippen molar-refractivity contribution in [3.63, 3.8) is 0 Å². The molecule has 7 nitrogen and oxygen atoms in total. The van der Waals surface area contributed by atoms with E-state index >= 15 is 0 Å². The summed E-state index contributed by atoms with van der Waals surface area (Å²) in [5, 5.41) is 14.6. The maximum absolute atomic E-state index is 13.9. The molecule has 3 amide bonds. The van der Waals surface area contributed by atoms with Gasteiger partial charge in [0, 0.05) is 18.7 Å². The van der Waals surface area contributed by atoms with Crippen LogP contribution < -0.4 is 10.6 Å². The van der Waals surface area contributed by atoms with E-state index in [9.17, 15) is 14.4 Å². The lowest BCUT2D eigenvalue weighted by molar-refractivity contribution is -0.154. The first-order valence-corrected chi connectivity index (χ1v) is 12.6. The number of hydrogen-bond acceptors (Lipinski definition) is 4. The van der Waals surface area contributed by atoms with Gasteiger partial charge in [-0.2, -0.15) is 0 Å². The molecule has 0 spiro atoms. The Morgan fingerprint density at radius 1 is 1.06 bits per heavy atom. The van der Waals surface area contributed by atoms with Gasteiger partial charge in [-0.3, -0.25) is 14.4 Å².